The summed E-state index contributed by atoms with van der Waals surface area (Å²) >= 11 is 0. The van der Waals surface area contributed by atoms with Gasteiger partial charge in [-0.1, -0.05) is 56.7 Å². The fourth-order valence-corrected chi connectivity index (χ4v) is 9.54. The van der Waals surface area contributed by atoms with Crippen molar-refractivity contribution in [2.75, 3.05) is 0 Å². The third kappa shape index (κ3) is 3.53. The van der Waals surface area contributed by atoms with Gasteiger partial charge in [0.2, 0.25) is 0 Å². The van der Waals surface area contributed by atoms with Crippen LogP contribution in [0.1, 0.15) is 39.2 Å². The lowest BCUT2D eigenvalue weighted by atomic mass is 9.74. The summed E-state index contributed by atoms with van der Waals surface area (Å²) in [6.45, 7) is 8.75. The van der Waals surface area contributed by atoms with E-state index in [0.717, 1.165) is 36.5 Å². The molecule has 1 fully saturated rings. The molecule has 6 heteroatoms. The van der Waals surface area contributed by atoms with Crippen LogP contribution in [0, 0.1) is 12.8 Å². The molecule has 0 saturated heterocycles. The minimum Gasteiger partial charge on any atom is -0.410 e. The summed E-state index contributed by atoms with van der Waals surface area (Å²) in [6, 6.07) is 10.4. The van der Waals surface area contributed by atoms with E-state index in [2.05, 4.69) is 26.8 Å². The van der Waals surface area contributed by atoms with Crippen LogP contribution < -0.4 is 0 Å². The van der Waals surface area contributed by atoms with E-state index in [1.807, 2.05) is 37.4 Å². The number of hydrogen-bond acceptors (Lipinski definition) is 3. The van der Waals surface area contributed by atoms with Crippen molar-refractivity contribution < 1.29 is 12.8 Å². The van der Waals surface area contributed by atoms with Crippen molar-refractivity contribution in [1.29, 1.82) is 0 Å². The maximum atomic E-state index is 13.4. The molecule has 3 aliphatic rings. The lowest BCUT2D eigenvalue weighted by molar-refractivity contribution is 0.183. The van der Waals surface area contributed by atoms with Crippen molar-refractivity contribution in [3.63, 3.8) is 0 Å². The molecule has 0 radical (unpaired) electrons. The molecule has 162 valence electrons. The normalized spacial score (nSPS) is 25.7. The van der Waals surface area contributed by atoms with E-state index in [-0.39, 0.29) is 18.1 Å². The minimum absolute atomic E-state index is 0.117. The Labute approximate surface area is 182 Å². The number of nitrogens with zero attached hydrogens (tertiary/aromatic N) is 1. The summed E-state index contributed by atoms with van der Waals surface area (Å²) in [5.74, 6) is 0.117. The molecule has 1 aliphatic heterocycles. The zero-order valence-corrected chi connectivity index (χ0v) is 20.3. The third-order valence-electron chi connectivity index (χ3n) is 7.27. The van der Waals surface area contributed by atoms with Crippen molar-refractivity contribution in [2.24, 2.45) is 5.92 Å². The molecule has 1 saturated carbocycles. The van der Waals surface area contributed by atoms with E-state index in [4.69, 9.17) is 4.43 Å². The van der Waals surface area contributed by atoms with Gasteiger partial charge in [-0.2, -0.15) is 0 Å². The van der Waals surface area contributed by atoms with Crippen molar-refractivity contribution in [3.05, 3.63) is 65.4 Å². The van der Waals surface area contributed by atoms with Crippen LogP contribution in [0.3, 0.4) is 0 Å². The second-order valence-electron chi connectivity index (χ2n) is 8.76. The molecule has 3 atom stereocenters. The van der Waals surface area contributed by atoms with E-state index < -0.39 is 18.3 Å². The largest absolute Gasteiger partial charge is 0.410 e. The first-order valence-corrected chi connectivity index (χ1v) is 15.2. The number of sulfonamides is 1. The van der Waals surface area contributed by atoms with E-state index in [1.165, 1.54) is 11.1 Å². The summed E-state index contributed by atoms with van der Waals surface area (Å²) in [7, 11) is -5.32. The molecule has 0 amide bonds. The first kappa shape index (κ1) is 21.6. The average Bonchev–Trinajstić information content (AvgIpc) is 3.15. The van der Waals surface area contributed by atoms with Crippen LogP contribution in [0.4, 0.5) is 0 Å². The average molecular weight is 444 g/mol. The molecule has 1 aromatic rings. The van der Waals surface area contributed by atoms with Crippen LogP contribution in [0.5, 0.6) is 0 Å². The van der Waals surface area contributed by atoms with Gasteiger partial charge in [-0.05, 0) is 61.2 Å². The highest BCUT2D eigenvalue weighted by Crippen LogP contribution is 2.48. The third-order valence-corrected chi connectivity index (χ3v) is 13.7. The van der Waals surface area contributed by atoms with Crippen molar-refractivity contribution in [3.8, 4) is 0 Å². The van der Waals surface area contributed by atoms with Gasteiger partial charge in [-0.25, -0.2) is 8.42 Å². The van der Waals surface area contributed by atoms with Crippen molar-refractivity contribution in [2.45, 2.75) is 75.7 Å². The summed E-state index contributed by atoms with van der Waals surface area (Å²) in [5.41, 5.74) is 3.55. The van der Waals surface area contributed by atoms with Gasteiger partial charge in [0.15, 0.2) is 8.32 Å². The molecule has 4 nitrogen and oxygen atoms in total. The Balaban J connectivity index is 1.64. The molecular formula is C24H33NO3SSi. The van der Waals surface area contributed by atoms with Gasteiger partial charge in [0.1, 0.15) is 0 Å². The predicted molar refractivity (Wildman–Crippen MR) is 124 cm³/mol. The van der Waals surface area contributed by atoms with Gasteiger partial charge in [-0.3, -0.25) is 4.31 Å². The van der Waals surface area contributed by atoms with Gasteiger partial charge in [0.05, 0.1) is 17.0 Å². The van der Waals surface area contributed by atoms with Gasteiger partial charge in [0, 0.05) is 12.1 Å². The summed E-state index contributed by atoms with van der Waals surface area (Å²) in [6.07, 6.45) is 10.1. The Morgan fingerprint density at radius 1 is 1.10 bits per heavy atom. The summed E-state index contributed by atoms with van der Waals surface area (Å²) in [5, 5.41) is 0. The molecule has 1 aromatic carbocycles. The Kier molecular flexibility index (Phi) is 5.85. The Hall–Kier alpha value is -1.63. The molecule has 0 aromatic heterocycles. The van der Waals surface area contributed by atoms with E-state index in [1.54, 1.807) is 16.4 Å². The zero-order valence-electron chi connectivity index (χ0n) is 18.5. The number of allylic oxidation sites excluding steroid dienone is 2. The number of benzene rings is 1. The standard InChI is InChI=1S/C24H33NO3SSi/c1-5-30(6-2,7-3)28-23-16-13-19-17-25(22-10-8-9-21(23)24(19)22)29(26,27)20-14-11-18(4)12-15-20/h8-12,14-15,17,22-24H,5-7,13,16H2,1-4H3/t22-,23?,24+/m0/s1. The quantitative estimate of drug-likeness (QED) is 0.519. The first-order valence-electron chi connectivity index (χ1n) is 11.2. The predicted octanol–water partition coefficient (Wildman–Crippen LogP) is 5.55. The second kappa shape index (κ2) is 8.13. The van der Waals surface area contributed by atoms with E-state index in [9.17, 15) is 8.42 Å². The van der Waals surface area contributed by atoms with Crippen molar-refractivity contribution in [1.82, 2.24) is 4.31 Å². The van der Waals surface area contributed by atoms with Crippen LogP contribution in [-0.2, 0) is 14.4 Å². The van der Waals surface area contributed by atoms with Crippen LogP contribution in [0.2, 0.25) is 18.1 Å². The summed E-state index contributed by atoms with van der Waals surface area (Å²) in [4.78, 5) is 0.357. The second-order valence-corrected chi connectivity index (χ2v) is 15.3. The maximum Gasteiger partial charge on any atom is 0.264 e. The molecule has 1 unspecified atom stereocenters. The Bertz CT molecular complexity index is 982. The van der Waals surface area contributed by atoms with Gasteiger partial charge >= 0.3 is 0 Å². The minimum atomic E-state index is -3.58. The van der Waals surface area contributed by atoms with Gasteiger partial charge in [0.25, 0.3) is 10.0 Å². The lowest BCUT2D eigenvalue weighted by Gasteiger charge is -2.41. The molecule has 1 heterocycles. The first-order chi connectivity index (χ1) is 14.3. The Morgan fingerprint density at radius 3 is 2.40 bits per heavy atom. The lowest BCUT2D eigenvalue weighted by Crippen LogP contribution is -2.45. The van der Waals surface area contributed by atoms with Crippen LogP contribution in [0.25, 0.3) is 0 Å². The number of rotatable bonds is 7. The summed E-state index contributed by atoms with van der Waals surface area (Å²) < 4.78 is 35.4. The highest BCUT2D eigenvalue weighted by Gasteiger charge is 2.47. The van der Waals surface area contributed by atoms with Crippen LogP contribution in [-0.4, -0.2) is 33.2 Å². The highest BCUT2D eigenvalue weighted by atomic mass is 32.2. The molecule has 0 bridgehead atoms. The highest BCUT2D eigenvalue weighted by molar-refractivity contribution is 7.89. The number of hydrogen-bond donors (Lipinski definition) is 0. The van der Waals surface area contributed by atoms with Crippen LogP contribution >= 0.6 is 0 Å². The van der Waals surface area contributed by atoms with Gasteiger partial charge in [-0.15, -0.1) is 0 Å². The number of aryl methyl sites for hydroxylation is 1. The molecular weight excluding hydrogens is 410 g/mol. The molecule has 2 aliphatic carbocycles. The SMILES string of the molecule is CC[Si](CC)(CC)OC1CCC2=CN(S(=O)(=O)c3ccc(C)cc3)[C@H]3C=CC=C1[C@@H]23. The molecule has 30 heavy (non-hydrogen) atoms. The molecule has 4 rings (SSSR count). The fraction of sp³-hybridized carbons (Fsp3) is 0.500. The van der Waals surface area contributed by atoms with Crippen molar-refractivity contribution >= 4 is 18.3 Å². The molecule has 0 spiro atoms. The Morgan fingerprint density at radius 2 is 1.77 bits per heavy atom. The monoisotopic (exact) mass is 443 g/mol. The zero-order chi connectivity index (χ0) is 21.5. The smallest absolute Gasteiger partial charge is 0.264 e. The van der Waals surface area contributed by atoms with Gasteiger partial charge < -0.3 is 4.43 Å². The fourth-order valence-electron chi connectivity index (χ4n) is 5.17. The topological polar surface area (TPSA) is 46.6 Å². The van der Waals surface area contributed by atoms with E-state index in [0.29, 0.717) is 4.90 Å². The van der Waals surface area contributed by atoms with E-state index >= 15 is 0 Å². The maximum absolute atomic E-state index is 13.4. The van der Waals surface area contributed by atoms with Crippen LogP contribution in [0.15, 0.2) is 64.7 Å². The molecule has 0 N–H and O–H groups in total.